The van der Waals surface area contributed by atoms with Crippen molar-refractivity contribution in [1.82, 2.24) is 5.32 Å². The minimum Gasteiger partial charge on any atom is -0.466 e. The standard InChI is InChI=1S/C18H31NO/c1-12-11-16(13(2)20-12)17(19-6)14-7-9-15(10-8-14)18(3,4)5/h11,14-15,17,19H,7-10H2,1-6H3. The van der Waals surface area contributed by atoms with Gasteiger partial charge in [-0.2, -0.15) is 0 Å². The lowest BCUT2D eigenvalue weighted by molar-refractivity contribution is 0.134. The van der Waals surface area contributed by atoms with Crippen LogP contribution >= 0.6 is 0 Å². The van der Waals surface area contributed by atoms with Crippen molar-refractivity contribution in [2.45, 2.75) is 66.3 Å². The van der Waals surface area contributed by atoms with E-state index in [0.717, 1.165) is 23.4 Å². The third-order valence-electron chi connectivity index (χ3n) is 5.19. The second kappa shape index (κ2) is 5.93. The maximum absolute atomic E-state index is 5.72. The van der Waals surface area contributed by atoms with Gasteiger partial charge in [0.2, 0.25) is 0 Å². The Labute approximate surface area is 124 Å². The van der Waals surface area contributed by atoms with Crippen LogP contribution in [-0.2, 0) is 0 Å². The van der Waals surface area contributed by atoms with Gasteiger partial charge in [-0.3, -0.25) is 0 Å². The van der Waals surface area contributed by atoms with Crippen molar-refractivity contribution >= 4 is 0 Å². The summed E-state index contributed by atoms with van der Waals surface area (Å²) in [5.41, 5.74) is 1.83. The highest BCUT2D eigenvalue weighted by molar-refractivity contribution is 5.25. The fraction of sp³-hybridized carbons (Fsp3) is 0.778. The zero-order chi connectivity index (χ0) is 14.9. The summed E-state index contributed by atoms with van der Waals surface area (Å²) in [7, 11) is 2.09. The number of aryl methyl sites for hydroxylation is 2. The fourth-order valence-electron chi connectivity index (χ4n) is 3.92. The van der Waals surface area contributed by atoms with E-state index in [1.54, 1.807) is 0 Å². The molecule has 114 valence electrons. The molecule has 1 fully saturated rings. The summed E-state index contributed by atoms with van der Waals surface area (Å²) in [6, 6.07) is 2.67. The lowest BCUT2D eigenvalue weighted by Crippen LogP contribution is -2.32. The highest BCUT2D eigenvalue weighted by atomic mass is 16.3. The first-order valence-electron chi connectivity index (χ1n) is 8.07. The molecule has 1 aromatic rings. The molecular weight excluding hydrogens is 246 g/mol. The van der Waals surface area contributed by atoms with Gasteiger partial charge in [-0.25, -0.2) is 0 Å². The van der Waals surface area contributed by atoms with Crippen LogP contribution in [0, 0.1) is 31.1 Å². The Morgan fingerprint density at radius 2 is 1.75 bits per heavy atom. The summed E-state index contributed by atoms with van der Waals surface area (Å²) >= 11 is 0. The topological polar surface area (TPSA) is 25.2 Å². The normalized spacial score (nSPS) is 25.7. The molecule has 0 amide bonds. The summed E-state index contributed by atoms with van der Waals surface area (Å²) in [4.78, 5) is 0. The molecule has 0 aromatic carbocycles. The van der Waals surface area contributed by atoms with Crippen LogP contribution in [0.1, 0.15) is 69.6 Å². The molecule has 0 aliphatic heterocycles. The lowest BCUT2D eigenvalue weighted by Gasteiger charge is -2.39. The number of rotatable bonds is 3. The first-order valence-corrected chi connectivity index (χ1v) is 8.07. The maximum Gasteiger partial charge on any atom is 0.105 e. The van der Waals surface area contributed by atoms with E-state index >= 15 is 0 Å². The van der Waals surface area contributed by atoms with Crippen LogP contribution in [0.3, 0.4) is 0 Å². The first kappa shape index (κ1) is 15.6. The summed E-state index contributed by atoms with van der Waals surface area (Å²) in [5, 5.41) is 3.54. The van der Waals surface area contributed by atoms with Crippen molar-refractivity contribution in [3.05, 3.63) is 23.2 Å². The van der Waals surface area contributed by atoms with Crippen LogP contribution in [0.4, 0.5) is 0 Å². The molecule has 0 bridgehead atoms. The largest absolute Gasteiger partial charge is 0.466 e. The van der Waals surface area contributed by atoms with Crippen LogP contribution in [0.15, 0.2) is 10.5 Å². The predicted molar refractivity (Wildman–Crippen MR) is 84.9 cm³/mol. The molecule has 0 radical (unpaired) electrons. The highest BCUT2D eigenvalue weighted by Crippen LogP contribution is 2.44. The Hall–Kier alpha value is -0.760. The predicted octanol–water partition coefficient (Wildman–Crippen LogP) is 5.01. The van der Waals surface area contributed by atoms with E-state index in [1.807, 2.05) is 6.92 Å². The van der Waals surface area contributed by atoms with Gasteiger partial charge in [-0.1, -0.05) is 20.8 Å². The minimum absolute atomic E-state index is 0.452. The third-order valence-corrected chi connectivity index (χ3v) is 5.19. The van der Waals surface area contributed by atoms with Gasteiger partial charge in [0.05, 0.1) is 0 Å². The van der Waals surface area contributed by atoms with Crippen molar-refractivity contribution in [3.8, 4) is 0 Å². The summed E-state index contributed by atoms with van der Waals surface area (Å²) in [6.45, 7) is 11.3. The van der Waals surface area contributed by atoms with Gasteiger partial charge in [-0.05, 0) is 69.9 Å². The van der Waals surface area contributed by atoms with Crippen LogP contribution in [0.2, 0.25) is 0 Å². The molecule has 1 aromatic heterocycles. The molecule has 1 saturated carbocycles. The minimum atomic E-state index is 0.452. The molecule has 1 unspecified atom stereocenters. The molecule has 0 saturated heterocycles. The van der Waals surface area contributed by atoms with E-state index < -0.39 is 0 Å². The smallest absolute Gasteiger partial charge is 0.105 e. The van der Waals surface area contributed by atoms with Gasteiger partial charge in [0.25, 0.3) is 0 Å². The van der Waals surface area contributed by atoms with Gasteiger partial charge in [0.15, 0.2) is 0 Å². The summed E-state index contributed by atoms with van der Waals surface area (Å²) < 4.78 is 5.72. The third kappa shape index (κ3) is 3.28. The Kier molecular flexibility index (Phi) is 4.63. The number of nitrogens with one attached hydrogen (secondary N) is 1. The van der Waals surface area contributed by atoms with Crippen molar-refractivity contribution in [2.75, 3.05) is 7.05 Å². The van der Waals surface area contributed by atoms with Crippen molar-refractivity contribution in [2.24, 2.45) is 17.3 Å². The van der Waals surface area contributed by atoms with Crippen LogP contribution in [-0.4, -0.2) is 7.05 Å². The average Bonchev–Trinajstić information content (AvgIpc) is 2.69. The van der Waals surface area contributed by atoms with Gasteiger partial charge in [-0.15, -0.1) is 0 Å². The first-order chi connectivity index (χ1) is 9.32. The lowest BCUT2D eigenvalue weighted by atomic mass is 9.68. The van der Waals surface area contributed by atoms with Gasteiger partial charge >= 0.3 is 0 Å². The Morgan fingerprint density at radius 1 is 1.15 bits per heavy atom. The molecule has 2 rings (SSSR count). The fourth-order valence-corrected chi connectivity index (χ4v) is 3.92. The van der Waals surface area contributed by atoms with Crippen molar-refractivity contribution in [1.29, 1.82) is 0 Å². The van der Waals surface area contributed by atoms with Gasteiger partial charge < -0.3 is 9.73 Å². The second-order valence-electron chi connectivity index (χ2n) is 7.61. The Balaban J connectivity index is 2.06. The molecule has 2 heteroatoms. The molecule has 1 N–H and O–H groups in total. The number of hydrogen-bond donors (Lipinski definition) is 1. The zero-order valence-electron chi connectivity index (χ0n) is 14.0. The van der Waals surface area contributed by atoms with E-state index in [0.29, 0.717) is 11.5 Å². The van der Waals surface area contributed by atoms with Gasteiger partial charge in [0, 0.05) is 11.6 Å². The van der Waals surface area contributed by atoms with E-state index in [4.69, 9.17) is 4.42 Å². The van der Waals surface area contributed by atoms with Crippen molar-refractivity contribution < 1.29 is 4.42 Å². The summed E-state index contributed by atoms with van der Waals surface area (Å²) in [5.74, 6) is 3.73. The molecule has 0 spiro atoms. The summed E-state index contributed by atoms with van der Waals surface area (Å²) in [6.07, 6.45) is 5.39. The highest BCUT2D eigenvalue weighted by Gasteiger charge is 2.33. The molecule has 2 nitrogen and oxygen atoms in total. The van der Waals surface area contributed by atoms with E-state index in [-0.39, 0.29) is 0 Å². The average molecular weight is 277 g/mol. The quantitative estimate of drug-likeness (QED) is 0.840. The van der Waals surface area contributed by atoms with Crippen LogP contribution in [0.5, 0.6) is 0 Å². The molecule has 1 aliphatic carbocycles. The number of furan rings is 1. The second-order valence-corrected chi connectivity index (χ2v) is 7.61. The maximum atomic E-state index is 5.72. The monoisotopic (exact) mass is 277 g/mol. The van der Waals surface area contributed by atoms with Crippen LogP contribution in [0.25, 0.3) is 0 Å². The van der Waals surface area contributed by atoms with Crippen LogP contribution < -0.4 is 5.32 Å². The van der Waals surface area contributed by atoms with E-state index in [1.165, 1.54) is 31.2 Å². The molecule has 1 aliphatic rings. The Bertz CT molecular complexity index is 433. The Morgan fingerprint density at radius 3 is 2.15 bits per heavy atom. The molecule has 1 atom stereocenters. The van der Waals surface area contributed by atoms with E-state index in [9.17, 15) is 0 Å². The van der Waals surface area contributed by atoms with E-state index in [2.05, 4.69) is 46.1 Å². The van der Waals surface area contributed by atoms with Crippen molar-refractivity contribution in [3.63, 3.8) is 0 Å². The molecular formula is C18H31NO. The molecule has 1 heterocycles. The number of hydrogen-bond acceptors (Lipinski definition) is 2. The SMILES string of the molecule is CNC(c1cc(C)oc1C)C1CCC(C(C)(C)C)CC1. The zero-order valence-corrected chi connectivity index (χ0v) is 14.0. The van der Waals surface area contributed by atoms with Gasteiger partial charge in [0.1, 0.15) is 11.5 Å². The molecule has 20 heavy (non-hydrogen) atoms.